The lowest BCUT2D eigenvalue weighted by atomic mass is 9.85. The first-order valence-electron chi connectivity index (χ1n) is 17.2. The summed E-state index contributed by atoms with van der Waals surface area (Å²) < 4.78 is 14.6. The van der Waals surface area contributed by atoms with Crippen molar-refractivity contribution in [2.45, 2.75) is 0 Å². The lowest BCUT2D eigenvalue weighted by Gasteiger charge is -2.17. The largest absolute Gasteiger partial charge is 0.464 e. The highest BCUT2D eigenvalue weighted by atomic mass is 32.1. The molecule has 11 rings (SSSR count). The Balaban J connectivity index is 1.24. The molecule has 0 amide bonds. The zero-order valence-corrected chi connectivity index (χ0v) is 28.2. The predicted molar refractivity (Wildman–Crippen MR) is 216 cm³/mol. The lowest BCUT2D eigenvalue weighted by molar-refractivity contribution is 0.583. The van der Waals surface area contributed by atoms with Gasteiger partial charge < -0.3 is 8.83 Å². The summed E-state index contributed by atoms with van der Waals surface area (Å²) in [5.41, 5.74) is 7.22. The SMILES string of the molecule is c1coc(-c2c3ccccc3c(-c3ccc4sc5cccc(-c6c7ccccc7c(-c7ccco7)c7ccccc67)c5c4c3)c3ccccc23)c1. The van der Waals surface area contributed by atoms with Crippen molar-refractivity contribution < 1.29 is 8.83 Å². The van der Waals surface area contributed by atoms with E-state index in [1.807, 2.05) is 23.5 Å². The molecule has 8 aromatic carbocycles. The van der Waals surface area contributed by atoms with Crippen LogP contribution < -0.4 is 0 Å². The minimum absolute atomic E-state index is 0.885. The van der Waals surface area contributed by atoms with Gasteiger partial charge in [-0.1, -0.05) is 115 Å². The minimum Gasteiger partial charge on any atom is -0.464 e. The predicted octanol–water partition coefficient (Wildman–Crippen LogP) is 14.5. The maximum Gasteiger partial charge on any atom is 0.135 e. The molecule has 11 aromatic rings. The fourth-order valence-corrected chi connectivity index (χ4v) is 9.53. The highest BCUT2D eigenvalue weighted by Gasteiger charge is 2.22. The van der Waals surface area contributed by atoms with Crippen molar-refractivity contribution in [1.82, 2.24) is 0 Å². The van der Waals surface area contributed by atoms with Crippen LogP contribution in [0.15, 0.2) is 179 Å². The standard InChI is InChI=1S/C48H28O2S/c1-5-16-34-30(12-1)44(31-13-2-6-17-35(31)46(34)40-21-10-26-49-40)29-24-25-42-39(28-29)48-38(20-9-23-43(48)51-42)45-32-14-3-7-18-36(32)47(41-22-11-27-50-41)37-19-8-4-15-33(37)45/h1-28H. The van der Waals surface area contributed by atoms with Crippen molar-refractivity contribution in [2.24, 2.45) is 0 Å². The number of hydrogen-bond acceptors (Lipinski definition) is 3. The van der Waals surface area contributed by atoms with Gasteiger partial charge in [0.1, 0.15) is 11.5 Å². The van der Waals surface area contributed by atoms with E-state index >= 15 is 0 Å². The summed E-state index contributed by atoms with van der Waals surface area (Å²) in [6.07, 6.45) is 3.52. The molecule has 3 heterocycles. The van der Waals surface area contributed by atoms with E-state index < -0.39 is 0 Å². The van der Waals surface area contributed by atoms with Crippen molar-refractivity contribution in [3.8, 4) is 44.9 Å². The Morgan fingerprint density at radius 3 is 1.27 bits per heavy atom. The van der Waals surface area contributed by atoms with Gasteiger partial charge in [0.25, 0.3) is 0 Å². The monoisotopic (exact) mass is 668 g/mol. The highest BCUT2D eigenvalue weighted by molar-refractivity contribution is 7.26. The van der Waals surface area contributed by atoms with Crippen molar-refractivity contribution >= 4 is 74.6 Å². The fraction of sp³-hybridized carbons (Fsp3) is 0. The Hall–Kier alpha value is -6.42. The molecule has 51 heavy (non-hydrogen) atoms. The molecule has 0 N–H and O–H groups in total. The Labute approximate surface area is 297 Å². The molecular weight excluding hydrogens is 641 g/mol. The molecule has 2 nitrogen and oxygen atoms in total. The van der Waals surface area contributed by atoms with Gasteiger partial charge in [-0.25, -0.2) is 0 Å². The number of furan rings is 2. The third kappa shape index (κ3) is 4.16. The Morgan fingerprint density at radius 2 is 0.804 bits per heavy atom. The van der Waals surface area contributed by atoms with E-state index in [-0.39, 0.29) is 0 Å². The molecule has 3 aromatic heterocycles. The van der Waals surface area contributed by atoms with Gasteiger partial charge in [0.15, 0.2) is 0 Å². The van der Waals surface area contributed by atoms with E-state index in [0.717, 1.165) is 22.6 Å². The van der Waals surface area contributed by atoms with Gasteiger partial charge in [0.05, 0.1) is 12.5 Å². The van der Waals surface area contributed by atoms with Crippen LogP contribution in [0.5, 0.6) is 0 Å². The smallest absolute Gasteiger partial charge is 0.135 e. The first-order valence-corrected chi connectivity index (χ1v) is 18.1. The summed E-state index contributed by atoms with van der Waals surface area (Å²) in [7, 11) is 0. The van der Waals surface area contributed by atoms with Crippen LogP contribution in [-0.2, 0) is 0 Å². The zero-order valence-electron chi connectivity index (χ0n) is 27.4. The minimum atomic E-state index is 0.885. The highest BCUT2D eigenvalue weighted by Crippen LogP contribution is 2.49. The molecule has 0 bridgehead atoms. The number of rotatable bonds is 4. The number of thiophene rings is 1. The molecule has 0 spiro atoms. The molecule has 0 unspecified atom stereocenters. The van der Waals surface area contributed by atoms with Gasteiger partial charge in [-0.15, -0.1) is 11.3 Å². The van der Waals surface area contributed by atoms with E-state index in [1.165, 1.54) is 85.5 Å². The maximum atomic E-state index is 6.04. The summed E-state index contributed by atoms with van der Waals surface area (Å²) in [6.45, 7) is 0. The van der Waals surface area contributed by atoms with Crippen LogP contribution in [-0.4, -0.2) is 0 Å². The zero-order chi connectivity index (χ0) is 33.5. The second kappa shape index (κ2) is 11.0. The van der Waals surface area contributed by atoms with Gasteiger partial charge >= 0.3 is 0 Å². The van der Waals surface area contributed by atoms with Crippen molar-refractivity contribution in [3.63, 3.8) is 0 Å². The second-order valence-electron chi connectivity index (χ2n) is 13.1. The molecule has 0 atom stereocenters. The summed E-state index contributed by atoms with van der Waals surface area (Å²) >= 11 is 1.87. The average molecular weight is 669 g/mol. The number of benzene rings is 8. The lowest BCUT2D eigenvalue weighted by Crippen LogP contribution is -1.91. The quantitative estimate of drug-likeness (QED) is 0.175. The molecule has 0 aliphatic rings. The van der Waals surface area contributed by atoms with Crippen LogP contribution in [0.4, 0.5) is 0 Å². The van der Waals surface area contributed by atoms with E-state index in [4.69, 9.17) is 8.83 Å². The molecule has 0 aliphatic carbocycles. The van der Waals surface area contributed by atoms with E-state index in [1.54, 1.807) is 12.5 Å². The second-order valence-corrected chi connectivity index (χ2v) is 14.2. The van der Waals surface area contributed by atoms with Gasteiger partial charge in [-0.2, -0.15) is 0 Å². The van der Waals surface area contributed by atoms with Crippen molar-refractivity contribution in [1.29, 1.82) is 0 Å². The van der Waals surface area contributed by atoms with Crippen LogP contribution in [0.2, 0.25) is 0 Å². The van der Waals surface area contributed by atoms with Crippen LogP contribution in [0, 0.1) is 0 Å². The van der Waals surface area contributed by atoms with Crippen LogP contribution in [0.1, 0.15) is 0 Å². The van der Waals surface area contributed by atoms with Crippen molar-refractivity contribution in [2.75, 3.05) is 0 Å². The third-order valence-corrected chi connectivity index (χ3v) is 11.6. The first kappa shape index (κ1) is 28.4. The summed E-state index contributed by atoms with van der Waals surface area (Å²) in [6, 6.07) is 57.0. The third-order valence-electron chi connectivity index (χ3n) is 10.5. The molecular formula is C48H28O2S. The fourth-order valence-electron chi connectivity index (χ4n) is 8.42. The summed E-state index contributed by atoms with van der Waals surface area (Å²) in [5, 5.41) is 12.2. The molecule has 0 saturated heterocycles. The van der Waals surface area contributed by atoms with Gasteiger partial charge in [-0.3, -0.25) is 0 Å². The summed E-state index contributed by atoms with van der Waals surface area (Å²) in [4.78, 5) is 0. The first-order chi connectivity index (χ1) is 25.3. The van der Waals surface area contributed by atoms with E-state index in [2.05, 4.69) is 146 Å². The summed E-state index contributed by atoms with van der Waals surface area (Å²) in [5.74, 6) is 1.77. The van der Waals surface area contributed by atoms with Gasteiger partial charge in [-0.05, 0) is 108 Å². The average Bonchev–Trinajstić information content (AvgIpc) is 3.98. The Bertz CT molecular complexity index is 3010. The molecule has 0 radical (unpaired) electrons. The van der Waals surface area contributed by atoms with Gasteiger partial charge in [0.2, 0.25) is 0 Å². The molecule has 0 saturated carbocycles. The van der Waals surface area contributed by atoms with Crippen LogP contribution in [0.25, 0.3) is 108 Å². The molecule has 0 fully saturated rings. The Kier molecular flexibility index (Phi) is 6.16. The number of hydrogen-bond donors (Lipinski definition) is 0. The van der Waals surface area contributed by atoms with Crippen LogP contribution in [0.3, 0.4) is 0 Å². The van der Waals surface area contributed by atoms with E-state index in [0.29, 0.717) is 0 Å². The maximum absolute atomic E-state index is 6.04. The van der Waals surface area contributed by atoms with E-state index in [9.17, 15) is 0 Å². The van der Waals surface area contributed by atoms with Crippen LogP contribution >= 0.6 is 11.3 Å². The molecule has 238 valence electrons. The van der Waals surface area contributed by atoms with Gasteiger partial charge in [0, 0.05) is 31.3 Å². The number of fused-ring (bicyclic) bond motifs is 7. The normalized spacial score (nSPS) is 11.9. The Morgan fingerprint density at radius 1 is 0.333 bits per heavy atom. The van der Waals surface area contributed by atoms with Crippen molar-refractivity contribution in [3.05, 3.63) is 170 Å². The molecule has 3 heteroatoms. The molecule has 0 aliphatic heterocycles. The topological polar surface area (TPSA) is 26.3 Å².